The summed E-state index contributed by atoms with van der Waals surface area (Å²) in [6.45, 7) is 2.71. The van der Waals surface area contributed by atoms with Crippen molar-refractivity contribution in [2.24, 2.45) is 5.92 Å². The van der Waals surface area contributed by atoms with E-state index in [1.165, 1.54) is 4.90 Å². The molecule has 0 radical (unpaired) electrons. The Morgan fingerprint density at radius 2 is 1.89 bits per heavy atom. The van der Waals surface area contributed by atoms with E-state index in [1.54, 1.807) is 29.2 Å². The smallest absolute Gasteiger partial charge is 0.332 e. The standard InChI is InChI=1S/C14H17N3O2/c1-9-3-2-8-16-12(9)13(18)17(14(16)19)11-6-4-10(15)5-7-11/h4-7,9,12H,2-3,8,15H2,1H3. The monoisotopic (exact) mass is 259 g/mol. The van der Waals surface area contributed by atoms with E-state index < -0.39 is 0 Å². The molecule has 0 aliphatic carbocycles. The third-order valence-corrected chi connectivity index (χ3v) is 3.99. The van der Waals surface area contributed by atoms with Crippen molar-refractivity contribution >= 4 is 23.3 Å². The van der Waals surface area contributed by atoms with E-state index in [-0.39, 0.29) is 23.9 Å². The molecule has 5 heteroatoms. The third-order valence-electron chi connectivity index (χ3n) is 3.99. The number of benzene rings is 1. The zero-order valence-electron chi connectivity index (χ0n) is 10.9. The summed E-state index contributed by atoms with van der Waals surface area (Å²) in [6, 6.07) is 6.35. The van der Waals surface area contributed by atoms with Crippen LogP contribution in [0.2, 0.25) is 0 Å². The second kappa shape index (κ2) is 4.26. The van der Waals surface area contributed by atoms with Crippen LogP contribution >= 0.6 is 0 Å². The van der Waals surface area contributed by atoms with E-state index in [0.717, 1.165) is 12.8 Å². The highest BCUT2D eigenvalue weighted by molar-refractivity contribution is 6.21. The zero-order chi connectivity index (χ0) is 13.6. The highest BCUT2D eigenvalue weighted by atomic mass is 16.2. The number of imide groups is 1. The number of hydrogen-bond acceptors (Lipinski definition) is 3. The van der Waals surface area contributed by atoms with Crippen LogP contribution in [0.1, 0.15) is 19.8 Å². The van der Waals surface area contributed by atoms with Crippen LogP contribution in [-0.4, -0.2) is 29.4 Å². The van der Waals surface area contributed by atoms with Crippen molar-refractivity contribution in [2.75, 3.05) is 17.2 Å². The molecule has 0 spiro atoms. The molecule has 2 saturated heterocycles. The molecule has 19 heavy (non-hydrogen) atoms. The topological polar surface area (TPSA) is 66.6 Å². The number of carbonyl (C=O) groups excluding carboxylic acids is 2. The summed E-state index contributed by atoms with van der Waals surface area (Å²) in [6.07, 6.45) is 1.96. The molecule has 3 amide bonds. The van der Waals surface area contributed by atoms with Gasteiger partial charge in [0.1, 0.15) is 6.04 Å². The Balaban J connectivity index is 1.97. The summed E-state index contributed by atoms with van der Waals surface area (Å²) in [5.41, 5.74) is 6.86. The van der Waals surface area contributed by atoms with Gasteiger partial charge in [-0.3, -0.25) is 4.79 Å². The van der Waals surface area contributed by atoms with Crippen LogP contribution in [0.25, 0.3) is 0 Å². The molecule has 0 bridgehead atoms. The van der Waals surface area contributed by atoms with Crippen molar-refractivity contribution in [2.45, 2.75) is 25.8 Å². The molecule has 2 aliphatic rings. The fourth-order valence-corrected chi connectivity index (χ4v) is 3.00. The number of carbonyl (C=O) groups is 2. The second-order valence-corrected chi connectivity index (χ2v) is 5.31. The van der Waals surface area contributed by atoms with Crippen molar-refractivity contribution in [3.05, 3.63) is 24.3 Å². The number of anilines is 2. The number of nitrogen functional groups attached to an aromatic ring is 1. The highest BCUT2D eigenvalue weighted by Gasteiger charge is 2.49. The van der Waals surface area contributed by atoms with Gasteiger partial charge in [0.25, 0.3) is 5.91 Å². The lowest BCUT2D eigenvalue weighted by atomic mass is 9.91. The first kappa shape index (κ1) is 12.0. The van der Waals surface area contributed by atoms with Gasteiger partial charge in [-0.25, -0.2) is 9.69 Å². The predicted octanol–water partition coefficient (Wildman–Crippen LogP) is 1.84. The molecule has 2 fully saturated rings. The molecule has 3 rings (SSSR count). The van der Waals surface area contributed by atoms with Gasteiger partial charge in [-0.1, -0.05) is 6.92 Å². The van der Waals surface area contributed by atoms with Gasteiger partial charge in [-0.05, 0) is 43.0 Å². The lowest BCUT2D eigenvalue weighted by Crippen LogP contribution is -2.44. The summed E-state index contributed by atoms with van der Waals surface area (Å²) in [5.74, 6) is 0.117. The van der Waals surface area contributed by atoms with Gasteiger partial charge in [0.2, 0.25) is 0 Å². The average Bonchev–Trinajstić information content (AvgIpc) is 2.65. The number of nitrogens with two attached hydrogens (primary N) is 1. The number of rotatable bonds is 1. The van der Waals surface area contributed by atoms with Crippen LogP contribution in [0.4, 0.5) is 16.2 Å². The number of nitrogens with zero attached hydrogens (tertiary/aromatic N) is 2. The SMILES string of the molecule is CC1CCCN2C(=O)N(c3ccc(N)cc3)C(=O)C12. The second-order valence-electron chi connectivity index (χ2n) is 5.31. The molecule has 2 atom stereocenters. The Hall–Kier alpha value is -2.04. The number of urea groups is 1. The quantitative estimate of drug-likeness (QED) is 0.618. The largest absolute Gasteiger partial charge is 0.399 e. The number of hydrogen-bond donors (Lipinski definition) is 1. The molecule has 2 aliphatic heterocycles. The van der Waals surface area contributed by atoms with Gasteiger partial charge >= 0.3 is 6.03 Å². The minimum absolute atomic E-state index is 0.109. The highest BCUT2D eigenvalue weighted by Crippen LogP contribution is 2.33. The van der Waals surface area contributed by atoms with Gasteiger partial charge in [0.15, 0.2) is 0 Å². The van der Waals surface area contributed by atoms with E-state index in [1.807, 2.05) is 6.92 Å². The van der Waals surface area contributed by atoms with Gasteiger partial charge < -0.3 is 10.6 Å². The van der Waals surface area contributed by atoms with Crippen molar-refractivity contribution in [3.8, 4) is 0 Å². The van der Waals surface area contributed by atoms with Crippen LogP contribution in [0, 0.1) is 5.92 Å². The van der Waals surface area contributed by atoms with Crippen molar-refractivity contribution in [3.63, 3.8) is 0 Å². The average molecular weight is 259 g/mol. The van der Waals surface area contributed by atoms with E-state index in [2.05, 4.69) is 0 Å². The maximum Gasteiger partial charge on any atom is 0.332 e. The normalized spacial score (nSPS) is 26.8. The fraction of sp³-hybridized carbons (Fsp3) is 0.429. The minimum atomic E-state index is -0.293. The molecular formula is C14H17N3O2. The molecule has 2 heterocycles. The third kappa shape index (κ3) is 1.77. The predicted molar refractivity (Wildman–Crippen MR) is 72.6 cm³/mol. The molecule has 2 unspecified atom stereocenters. The summed E-state index contributed by atoms with van der Waals surface area (Å²) < 4.78 is 0. The van der Waals surface area contributed by atoms with E-state index in [4.69, 9.17) is 5.73 Å². The Kier molecular flexibility index (Phi) is 2.69. The minimum Gasteiger partial charge on any atom is -0.399 e. The molecule has 1 aromatic rings. The molecule has 100 valence electrons. The molecular weight excluding hydrogens is 242 g/mol. The summed E-state index contributed by atoms with van der Waals surface area (Å²) in [4.78, 5) is 27.8. The first-order chi connectivity index (χ1) is 9.09. The zero-order valence-corrected chi connectivity index (χ0v) is 10.9. The molecule has 2 N–H and O–H groups in total. The summed E-state index contributed by atoms with van der Waals surface area (Å²) in [5, 5.41) is 0. The molecule has 0 saturated carbocycles. The molecule has 1 aromatic carbocycles. The van der Waals surface area contributed by atoms with E-state index in [9.17, 15) is 9.59 Å². The first-order valence-electron chi connectivity index (χ1n) is 6.59. The van der Waals surface area contributed by atoms with Crippen molar-refractivity contribution < 1.29 is 9.59 Å². The van der Waals surface area contributed by atoms with Crippen molar-refractivity contribution in [1.82, 2.24) is 4.90 Å². The Bertz CT molecular complexity index is 526. The molecule has 5 nitrogen and oxygen atoms in total. The van der Waals surface area contributed by atoms with Gasteiger partial charge in [0.05, 0.1) is 5.69 Å². The fourth-order valence-electron chi connectivity index (χ4n) is 3.00. The lowest BCUT2D eigenvalue weighted by molar-refractivity contribution is -0.121. The maximum absolute atomic E-state index is 12.5. The van der Waals surface area contributed by atoms with Crippen LogP contribution in [0.5, 0.6) is 0 Å². The Morgan fingerprint density at radius 1 is 1.21 bits per heavy atom. The molecule has 0 aromatic heterocycles. The van der Waals surface area contributed by atoms with Crippen LogP contribution < -0.4 is 10.6 Å². The van der Waals surface area contributed by atoms with E-state index >= 15 is 0 Å². The Morgan fingerprint density at radius 3 is 2.53 bits per heavy atom. The van der Waals surface area contributed by atoms with Crippen LogP contribution in [0.3, 0.4) is 0 Å². The summed E-state index contributed by atoms with van der Waals surface area (Å²) >= 11 is 0. The van der Waals surface area contributed by atoms with Gasteiger partial charge in [-0.15, -0.1) is 0 Å². The van der Waals surface area contributed by atoms with Crippen molar-refractivity contribution in [1.29, 1.82) is 0 Å². The Labute approximate surface area is 112 Å². The summed E-state index contributed by atoms with van der Waals surface area (Å²) in [7, 11) is 0. The van der Waals surface area contributed by atoms with E-state index in [0.29, 0.717) is 17.9 Å². The van der Waals surface area contributed by atoms with Crippen LogP contribution in [0.15, 0.2) is 24.3 Å². The van der Waals surface area contributed by atoms with Gasteiger partial charge in [0, 0.05) is 12.2 Å². The first-order valence-corrected chi connectivity index (χ1v) is 6.59. The lowest BCUT2D eigenvalue weighted by Gasteiger charge is -2.31. The maximum atomic E-state index is 12.5. The number of fused-ring (bicyclic) bond motifs is 1. The van der Waals surface area contributed by atoms with Crippen LogP contribution in [-0.2, 0) is 4.79 Å². The van der Waals surface area contributed by atoms with Gasteiger partial charge in [-0.2, -0.15) is 0 Å². The number of piperidine rings is 1. The number of amides is 3.